The highest BCUT2D eigenvalue weighted by atomic mass is 35.5. The van der Waals surface area contributed by atoms with Crippen LogP contribution >= 0.6 is 11.6 Å². The van der Waals surface area contributed by atoms with Gasteiger partial charge in [0.15, 0.2) is 11.6 Å². The fourth-order valence-corrected chi connectivity index (χ4v) is 15.8. The molecule has 27 heteroatoms. The molecule has 0 spiro atoms. The molecule has 0 aliphatic rings. The monoisotopic (exact) mass is 1940 g/mol. The van der Waals surface area contributed by atoms with Gasteiger partial charge in [0.2, 0.25) is 0 Å². The molecule has 6 heterocycles. The van der Waals surface area contributed by atoms with Crippen LogP contribution in [0.3, 0.4) is 0 Å². The third-order valence-corrected chi connectivity index (χ3v) is 23.7. The molecule has 0 bridgehead atoms. The minimum Gasteiger partial charge on any atom is -0.398 e. The van der Waals surface area contributed by atoms with Gasteiger partial charge in [0, 0.05) is 202 Å². The second kappa shape index (κ2) is 46.2. The highest BCUT2D eigenvalue weighted by Gasteiger charge is 2.22. The maximum Gasteiger partial charge on any atom is 0.159 e. The average molecular weight is 1940 g/mol. The Hall–Kier alpha value is -17.9. The molecule has 0 aliphatic heterocycles. The van der Waals surface area contributed by atoms with Crippen molar-refractivity contribution in [2.45, 2.75) is 62.3 Å². The normalized spacial score (nSPS) is 10.6. The quantitative estimate of drug-likeness (QED) is 0.0217. The molecule has 18 nitrogen and oxygen atoms in total. The maximum atomic E-state index is 13.8. The zero-order valence-corrected chi connectivity index (χ0v) is 80.5. The van der Waals surface area contributed by atoms with Crippen molar-refractivity contribution in [3.63, 3.8) is 0 Å². The molecule has 0 aliphatic carbocycles. The molecule has 0 radical (unpaired) electrons. The number of nitrogens with two attached hydrogens (primary N) is 6. The number of aromatic nitrogens is 6. The van der Waals surface area contributed by atoms with E-state index < -0.39 is 17.5 Å². The Morgan fingerprint density at radius 2 is 0.444 bits per heavy atom. The first kappa shape index (κ1) is 103. The summed E-state index contributed by atoms with van der Waals surface area (Å²) in [4.78, 5) is 26.8. The van der Waals surface area contributed by atoms with Gasteiger partial charge in [-0.2, -0.15) is 0 Å². The van der Waals surface area contributed by atoms with Gasteiger partial charge in [0.05, 0.1) is 45.4 Å². The van der Waals surface area contributed by atoms with Gasteiger partial charge < -0.3 is 66.9 Å². The zero-order valence-electron chi connectivity index (χ0n) is 79.7. The topological polar surface area (TPSA) is 377 Å². The number of anilines is 6. The number of nitrogen functional groups attached to an aromatic ring is 6. The minimum atomic E-state index is -0.918. The Bertz CT molecular complexity index is 7110. The molecular weight excluding hydrogens is 1840 g/mol. The first-order chi connectivity index (χ1) is 68.9. The first-order valence-electron chi connectivity index (χ1n) is 44.9. The van der Waals surface area contributed by atoms with Crippen molar-refractivity contribution in [3.05, 3.63) is 427 Å². The molecule has 0 atom stereocenters. The molecule has 0 unspecified atom stereocenters. The smallest absolute Gasteiger partial charge is 0.159 e. The van der Waals surface area contributed by atoms with Gasteiger partial charge in [-0.1, -0.05) is 54.1 Å². The van der Waals surface area contributed by atoms with E-state index in [4.69, 9.17) is 78.5 Å². The fraction of sp³-hybridized carbons (Fsp3) is 0.0769. The van der Waals surface area contributed by atoms with E-state index in [9.17, 15) is 35.1 Å². The van der Waals surface area contributed by atoms with Crippen LogP contribution in [0.2, 0.25) is 5.02 Å². The summed E-state index contributed by atoms with van der Waals surface area (Å²) in [6, 6.07) is 73.9. The van der Waals surface area contributed by atoms with E-state index in [2.05, 4.69) is 29.9 Å². The lowest BCUT2D eigenvalue weighted by Crippen LogP contribution is -1.96. The summed E-state index contributed by atoms with van der Waals surface area (Å²) in [5.41, 5.74) is 67.5. The Morgan fingerprint density at radius 1 is 0.215 bits per heavy atom. The van der Waals surface area contributed by atoms with E-state index in [1.165, 1.54) is 73.5 Å². The Morgan fingerprint density at radius 3 is 0.715 bits per heavy atom. The number of aryl methyl sites for hydroxylation is 9. The summed E-state index contributed by atoms with van der Waals surface area (Å²) in [6.45, 7) is 16.4. The highest BCUT2D eigenvalue weighted by Crippen LogP contribution is 2.42. The summed E-state index contributed by atoms with van der Waals surface area (Å²) in [5.74, 6) is -3.54. The van der Waals surface area contributed by atoms with E-state index in [1.807, 2.05) is 119 Å². The molecule has 720 valence electrons. The van der Waals surface area contributed by atoms with E-state index in [-0.39, 0.29) is 29.1 Å². The van der Waals surface area contributed by atoms with Crippen molar-refractivity contribution in [1.82, 2.24) is 29.9 Å². The maximum absolute atomic E-state index is 13.8. The lowest BCUT2D eigenvalue weighted by molar-refractivity contribution is 0.509. The number of pyridine rings is 6. The average Bonchev–Trinajstić information content (AvgIpc) is 0.812. The number of halogens is 9. The molecule has 6 aromatic heterocycles. The van der Waals surface area contributed by atoms with E-state index in [0.717, 1.165) is 142 Å². The van der Waals surface area contributed by atoms with Gasteiger partial charge in [-0.15, -0.1) is 0 Å². The van der Waals surface area contributed by atoms with Crippen LogP contribution in [0, 0.1) is 141 Å². The number of nitrogens with one attached hydrogen (secondary N) is 6. The standard InChI is InChI=1S/3C20H18FN3.C19H15ClFN3.2C19H15F2N3/c1-12-9-15(4-7-18(12)21)20-17(6-3-13(2)24-20)14-5-8-19(23)16(10-14)11-22;2*1-12-7-17(14-4-6-19(23)16(9-14)10-22)20(24-11-12)15-3-5-18(21)13(2)8-15;2*1-11-6-13(2-4-17(11)21)19-16(8-15(20)10-24-19)12-3-5-18(23)14(7-12)9-22;1-11-6-15(12-3-5-18(23)14(7-12)9-22)19(24-10-11)13-2-4-16(20)17(21)8-13/h3*3-11,22H,23H2,1-2H3;3*2-10,22H,23H2,1H3. The molecule has 144 heavy (non-hydrogen) atoms. The van der Waals surface area contributed by atoms with Crippen LogP contribution in [-0.4, -0.2) is 67.2 Å². The number of rotatable bonds is 18. The lowest BCUT2D eigenvalue weighted by atomic mass is 9.95. The molecular formula is C117H99ClF8N18. The van der Waals surface area contributed by atoms with Crippen molar-refractivity contribution in [2.24, 2.45) is 0 Å². The van der Waals surface area contributed by atoms with Crippen molar-refractivity contribution < 1.29 is 35.1 Å². The summed E-state index contributed by atoms with van der Waals surface area (Å²) >= 11 is 6.12. The minimum absolute atomic E-state index is 0.230. The number of hydrogen-bond acceptors (Lipinski definition) is 18. The van der Waals surface area contributed by atoms with Gasteiger partial charge in [0.25, 0.3) is 0 Å². The van der Waals surface area contributed by atoms with Crippen LogP contribution in [-0.2, 0) is 0 Å². The van der Waals surface area contributed by atoms with Crippen LogP contribution in [0.15, 0.2) is 292 Å². The van der Waals surface area contributed by atoms with Crippen LogP contribution in [0.1, 0.15) is 83.6 Å². The second-order valence-corrected chi connectivity index (χ2v) is 34.5. The number of hydrogen-bond donors (Lipinski definition) is 12. The molecule has 18 rings (SSSR count). The number of benzene rings is 12. The van der Waals surface area contributed by atoms with Crippen molar-refractivity contribution in [2.75, 3.05) is 34.4 Å². The van der Waals surface area contributed by atoms with Crippen molar-refractivity contribution >= 4 is 83.0 Å². The Labute approximate surface area is 833 Å². The largest absolute Gasteiger partial charge is 0.398 e. The third kappa shape index (κ3) is 24.7. The number of nitrogens with zero attached hydrogens (tertiary/aromatic N) is 6. The van der Waals surface area contributed by atoms with Gasteiger partial charge in [-0.25, -0.2) is 35.1 Å². The van der Waals surface area contributed by atoms with Crippen molar-refractivity contribution in [3.8, 4) is 134 Å². The van der Waals surface area contributed by atoms with Gasteiger partial charge in [0.1, 0.15) is 34.9 Å². The second-order valence-electron chi connectivity index (χ2n) is 34.1. The lowest BCUT2D eigenvalue weighted by Gasteiger charge is -2.12. The third-order valence-electron chi connectivity index (χ3n) is 23.5. The van der Waals surface area contributed by atoms with Crippen molar-refractivity contribution in [1.29, 1.82) is 32.5 Å². The van der Waals surface area contributed by atoms with E-state index in [0.29, 0.717) is 140 Å². The molecule has 0 amide bonds. The zero-order chi connectivity index (χ0) is 104. The van der Waals surface area contributed by atoms with Crippen LogP contribution in [0.5, 0.6) is 0 Å². The van der Waals surface area contributed by atoms with Crippen LogP contribution in [0.4, 0.5) is 69.2 Å². The van der Waals surface area contributed by atoms with Gasteiger partial charge >= 0.3 is 0 Å². The summed E-state index contributed by atoms with van der Waals surface area (Å²) in [7, 11) is 0. The predicted molar refractivity (Wildman–Crippen MR) is 572 cm³/mol. The summed E-state index contributed by atoms with van der Waals surface area (Å²) in [5, 5.41) is 45.3. The van der Waals surface area contributed by atoms with Crippen LogP contribution in [0.25, 0.3) is 134 Å². The summed E-state index contributed by atoms with van der Waals surface area (Å²) in [6.07, 6.45) is 15.2. The molecule has 0 saturated heterocycles. The molecule has 0 saturated carbocycles. The Balaban J connectivity index is 0.000000145. The van der Waals surface area contributed by atoms with Gasteiger partial charge in [-0.05, 0) is 359 Å². The molecule has 0 fully saturated rings. The molecule has 12 aromatic carbocycles. The Kier molecular flexibility index (Phi) is 33.2. The van der Waals surface area contributed by atoms with E-state index >= 15 is 0 Å². The van der Waals surface area contributed by atoms with Gasteiger partial charge in [-0.3, -0.25) is 29.9 Å². The summed E-state index contributed by atoms with van der Waals surface area (Å²) < 4.78 is 108. The highest BCUT2D eigenvalue weighted by molar-refractivity contribution is 6.31. The molecule has 18 aromatic rings. The first-order valence-corrected chi connectivity index (χ1v) is 45.2. The molecule has 18 N–H and O–H groups in total. The SMILES string of the molecule is Cc1cc(-c2ncc(Cl)cc2-c2ccc(N)c(C=N)c2)ccc1F.Cc1cc(-c2ncc(F)cc2-c2ccc(N)c(C=N)c2)ccc1F.Cc1ccc(-c2ccc(N)c(C=N)c2)c(-c2ccc(F)c(C)c2)n1.Cc1cnc(-c2ccc(F)c(C)c2)c(-c2ccc(N)c(C=N)c2)c1.Cc1cnc(-c2ccc(F)c(C)c2)c(-c2ccc(N)c(C=N)c2)c1.Cc1cnc(-c2ccc(F)c(F)c2)c(-c2ccc(N)c(C=N)c2)c1. The van der Waals surface area contributed by atoms with Crippen LogP contribution < -0.4 is 34.4 Å². The fourth-order valence-electron chi connectivity index (χ4n) is 15.7. The van der Waals surface area contributed by atoms with E-state index in [1.54, 1.807) is 175 Å². The predicted octanol–water partition coefficient (Wildman–Crippen LogP) is 28.5.